The highest BCUT2D eigenvalue weighted by atomic mass is 32.1. The lowest BCUT2D eigenvalue weighted by atomic mass is 10.2. The number of H-pyrrole nitrogens is 1. The minimum atomic E-state index is 0.680. The molecule has 1 saturated carbocycles. The van der Waals surface area contributed by atoms with Gasteiger partial charge < -0.3 is 10.7 Å². The Bertz CT molecular complexity index is 325. The number of hydrogen-bond acceptors (Lipinski definition) is 2. The van der Waals surface area contributed by atoms with Crippen LogP contribution in [0.2, 0.25) is 0 Å². The summed E-state index contributed by atoms with van der Waals surface area (Å²) in [4.78, 5) is 2.89. The van der Waals surface area contributed by atoms with Crippen molar-refractivity contribution in [2.24, 2.45) is 0 Å². The van der Waals surface area contributed by atoms with Crippen LogP contribution in [0, 0.1) is 4.64 Å². The molecule has 0 aromatic carbocycles. The zero-order valence-corrected chi connectivity index (χ0v) is 6.95. The van der Waals surface area contributed by atoms with E-state index < -0.39 is 0 Å². The molecule has 0 aliphatic heterocycles. The van der Waals surface area contributed by atoms with Crippen LogP contribution in [-0.4, -0.2) is 4.98 Å². The Morgan fingerprint density at radius 1 is 1.45 bits per heavy atom. The zero-order chi connectivity index (χ0) is 7.84. The van der Waals surface area contributed by atoms with Gasteiger partial charge in [0.1, 0.15) is 10.5 Å². The minimum Gasteiger partial charge on any atom is -0.385 e. The van der Waals surface area contributed by atoms with E-state index in [1.807, 2.05) is 12.1 Å². The monoisotopic (exact) mass is 166 g/mol. The second kappa shape index (κ2) is 2.34. The van der Waals surface area contributed by atoms with Crippen LogP contribution in [0.25, 0.3) is 0 Å². The van der Waals surface area contributed by atoms with Gasteiger partial charge in [-0.05, 0) is 36.5 Å². The standard InChI is InChI=1S/C8H10N2S/c9-7-3-6(5-1-2-5)4-8(11)10-7/h3-5H,1-2H2,(H3,9,10,11). The fourth-order valence-electron chi connectivity index (χ4n) is 1.24. The van der Waals surface area contributed by atoms with Gasteiger partial charge in [-0.15, -0.1) is 0 Å². The Hall–Kier alpha value is -0.830. The third kappa shape index (κ3) is 1.43. The van der Waals surface area contributed by atoms with Crippen molar-refractivity contribution in [3.05, 3.63) is 22.3 Å². The van der Waals surface area contributed by atoms with Gasteiger partial charge in [0.25, 0.3) is 0 Å². The Morgan fingerprint density at radius 2 is 2.18 bits per heavy atom. The Labute approximate surface area is 70.4 Å². The largest absolute Gasteiger partial charge is 0.385 e. The maximum absolute atomic E-state index is 5.60. The van der Waals surface area contributed by atoms with Crippen molar-refractivity contribution in [3.63, 3.8) is 0 Å². The summed E-state index contributed by atoms with van der Waals surface area (Å²) in [5.41, 5.74) is 6.90. The molecule has 2 rings (SSSR count). The molecule has 1 aliphatic carbocycles. The lowest BCUT2D eigenvalue weighted by Crippen LogP contribution is -1.91. The zero-order valence-electron chi connectivity index (χ0n) is 6.13. The third-order valence-electron chi connectivity index (χ3n) is 1.94. The van der Waals surface area contributed by atoms with Gasteiger partial charge in [0.2, 0.25) is 0 Å². The molecule has 0 atom stereocenters. The molecule has 11 heavy (non-hydrogen) atoms. The van der Waals surface area contributed by atoms with Gasteiger partial charge in [-0.2, -0.15) is 0 Å². The van der Waals surface area contributed by atoms with Crippen molar-refractivity contribution in [2.75, 3.05) is 5.73 Å². The summed E-state index contributed by atoms with van der Waals surface area (Å²) in [6.07, 6.45) is 2.58. The fraction of sp³-hybridized carbons (Fsp3) is 0.375. The summed E-state index contributed by atoms with van der Waals surface area (Å²) in [5, 5.41) is 0. The van der Waals surface area contributed by atoms with Gasteiger partial charge in [0, 0.05) is 0 Å². The second-order valence-electron chi connectivity index (χ2n) is 3.01. The van der Waals surface area contributed by atoms with E-state index in [2.05, 4.69) is 4.98 Å². The van der Waals surface area contributed by atoms with Crippen molar-refractivity contribution in [2.45, 2.75) is 18.8 Å². The number of aromatic amines is 1. The number of nitrogens with two attached hydrogens (primary N) is 1. The van der Waals surface area contributed by atoms with Gasteiger partial charge in [-0.25, -0.2) is 0 Å². The number of aromatic nitrogens is 1. The molecule has 1 heterocycles. The van der Waals surface area contributed by atoms with Crippen LogP contribution in [0.1, 0.15) is 24.3 Å². The molecule has 1 fully saturated rings. The number of rotatable bonds is 1. The van der Waals surface area contributed by atoms with Crippen molar-refractivity contribution in [3.8, 4) is 0 Å². The average molecular weight is 166 g/mol. The first-order valence-electron chi connectivity index (χ1n) is 3.75. The maximum Gasteiger partial charge on any atom is 0.105 e. The van der Waals surface area contributed by atoms with E-state index >= 15 is 0 Å². The molecule has 0 saturated heterocycles. The van der Waals surface area contributed by atoms with Crippen molar-refractivity contribution in [1.29, 1.82) is 0 Å². The molecule has 58 valence electrons. The fourth-order valence-corrected chi connectivity index (χ4v) is 1.49. The van der Waals surface area contributed by atoms with Crippen molar-refractivity contribution >= 4 is 18.0 Å². The third-order valence-corrected chi connectivity index (χ3v) is 2.16. The van der Waals surface area contributed by atoms with E-state index in [1.54, 1.807) is 0 Å². The Balaban J connectivity index is 2.47. The highest BCUT2D eigenvalue weighted by Gasteiger charge is 2.23. The smallest absolute Gasteiger partial charge is 0.105 e. The van der Waals surface area contributed by atoms with E-state index in [1.165, 1.54) is 18.4 Å². The van der Waals surface area contributed by atoms with E-state index in [9.17, 15) is 0 Å². The van der Waals surface area contributed by atoms with Gasteiger partial charge in [0.05, 0.1) is 0 Å². The molecule has 1 aliphatic rings. The van der Waals surface area contributed by atoms with Crippen LogP contribution >= 0.6 is 12.2 Å². The molecule has 1 aromatic heterocycles. The Morgan fingerprint density at radius 3 is 2.73 bits per heavy atom. The van der Waals surface area contributed by atoms with Gasteiger partial charge in [-0.1, -0.05) is 12.2 Å². The lowest BCUT2D eigenvalue weighted by molar-refractivity contribution is 1.11. The molecule has 0 amide bonds. The predicted molar refractivity (Wildman–Crippen MR) is 48.0 cm³/mol. The number of nitrogen functional groups attached to an aromatic ring is 1. The van der Waals surface area contributed by atoms with Gasteiger partial charge in [-0.3, -0.25) is 0 Å². The predicted octanol–water partition coefficient (Wildman–Crippen LogP) is 2.20. The van der Waals surface area contributed by atoms with E-state index in [0.29, 0.717) is 5.82 Å². The van der Waals surface area contributed by atoms with Crippen LogP contribution in [0.4, 0.5) is 5.82 Å². The molecular formula is C8H10N2S. The summed E-state index contributed by atoms with van der Waals surface area (Å²) in [7, 11) is 0. The SMILES string of the molecule is Nc1cc(C2CC2)cc(=S)[nH]1. The molecule has 2 nitrogen and oxygen atoms in total. The molecule has 3 N–H and O–H groups in total. The number of pyridine rings is 1. The molecule has 1 aromatic rings. The first-order valence-corrected chi connectivity index (χ1v) is 4.16. The maximum atomic E-state index is 5.60. The summed E-state index contributed by atoms with van der Waals surface area (Å²) >= 11 is 5.00. The van der Waals surface area contributed by atoms with Crippen LogP contribution in [0.5, 0.6) is 0 Å². The van der Waals surface area contributed by atoms with Gasteiger partial charge in [0.15, 0.2) is 0 Å². The molecule has 0 unspecified atom stereocenters. The number of nitrogens with one attached hydrogen (secondary N) is 1. The van der Waals surface area contributed by atoms with Gasteiger partial charge >= 0.3 is 0 Å². The molecular weight excluding hydrogens is 156 g/mol. The lowest BCUT2D eigenvalue weighted by Gasteiger charge is -1.98. The summed E-state index contributed by atoms with van der Waals surface area (Å²) in [5.74, 6) is 1.41. The summed E-state index contributed by atoms with van der Waals surface area (Å²) in [6, 6.07) is 3.98. The molecule has 0 spiro atoms. The minimum absolute atomic E-state index is 0.680. The van der Waals surface area contributed by atoms with E-state index in [4.69, 9.17) is 18.0 Å². The second-order valence-corrected chi connectivity index (χ2v) is 3.45. The quantitative estimate of drug-likeness (QED) is 0.628. The number of anilines is 1. The summed E-state index contributed by atoms with van der Waals surface area (Å²) < 4.78 is 0.743. The molecule has 0 bridgehead atoms. The van der Waals surface area contributed by atoms with Crippen molar-refractivity contribution < 1.29 is 0 Å². The highest BCUT2D eigenvalue weighted by molar-refractivity contribution is 7.71. The Kier molecular flexibility index (Phi) is 1.46. The highest BCUT2D eigenvalue weighted by Crippen LogP contribution is 2.40. The van der Waals surface area contributed by atoms with Crippen LogP contribution in [-0.2, 0) is 0 Å². The molecule has 0 radical (unpaired) electrons. The van der Waals surface area contributed by atoms with Crippen molar-refractivity contribution in [1.82, 2.24) is 4.98 Å². The van der Waals surface area contributed by atoms with Crippen LogP contribution < -0.4 is 5.73 Å². The summed E-state index contributed by atoms with van der Waals surface area (Å²) in [6.45, 7) is 0. The number of hydrogen-bond donors (Lipinski definition) is 2. The van der Waals surface area contributed by atoms with Crippen LogP contribution in [0.15, 0.2) is 12.1 Å². The average Bonchev–Trinajstić information content (AvgIpc) is 2.64. The molecule has 3 heteroatoms. The first kappa shape index (κ1) is 6.85. The van der Waals surface area contributed by atoms with E-state index in [0.717, 1.165) is 10.6 Å². The topological polar surface area (TPSA) is 41.8 Å². The van der Waals surface area contributed by atoms with E-state index in [-0.39, 0.29) is 0 Å². The first-order chi connectivity index (χ1) is 5.25. The van der Waals surface area contributed by atoms with Crippen LogP contribution in [0.3, 0.4) is 0 Å². The normalized spacial score (nSPS) is 16.7.